The summed E-state index contributed by atoms with van der Waals surface area (Å²) in [5, 5.41) is 11.9. The fourth-order valence-corrected chi connectivity index (χ4v) is 6.24. The Hall–Kier alpha value is -2.93. The molecule has 0 aromatic heterocycles. The summed E-state index contributed by atoms with van der Waals surface area (Å²) in [5.74, 6) is -1.34. The molecule has 0 aliphatic rings. The van der Waals surface area contributed by atoms with Gasteiger partial charge in [0, 0.05) is 12.8 Å². The van der Waals surface area contributed by atoms with Crippen LogP contribution in [0.4, 0.5) is 0 Å². The number of hydrogen-bond acceptors (Lipinski definition) is 5. The highest BCUT2D eigenvalue weighted by atomic mass is 16.5. The van der Waals surface area contributed by atoms with Gasteiger partial charge < -0.3 is 20.9 Å². The van der Waals surface area contributed by atoms with Crippen molar-refractivity contribution >= 4 is 17.8 Å². The number of amides is 1. The molecule has 0 bridgehead atoms. The number of rotatable bonds is 39. The van der Waals surface area contributed by atoms with E-state index in [0.29, 0.717) is 32.2 Å². The molecule has 4 N–H and O–H groups in total. The first-order valence-corrected chi connectivity index (χ1v) is 22.1. The number of carbonyl (C=O) groups is 3. The lowest BCUT2D eigenvalue weighted by atomic mass is 10.1. The van der Waals surface area contributed by atoms with E-state index < -0.39 is 12.0 Å². The van der Waals surface area contributed by atoms with Crippen molar-refractivity contribution in [2.75, 3.05) is 6.54 Å². The molecule has 0 aromatic rings. The van der Waals surface area contributed by atoms with Gasteiger partial charge in [0.15, 0.2) is 0 Å². The largest absolute Gasteiger partial charge is 0.480 e. The molecule has 2 atom stereocenters. The van der Waals surface area contributed by atoms with E-state index in [2.05, 4.69) is 73.8 Å². The van der Waals surface area contributed by atoms with Gasteiger partial charge in [0.2, 0.25) is 5.91 Å². The molecule has 0 aliphatic carbocycles. The molecule has 0 fully saturated rings. The number of carboxylic acids is 1. The topological polar surface area (TPSA) is 119 Å². The molecular formula is C47H82N2O5. The molecule has 7 heteroatoms. The summed E-state index contributed by atoms with van der Waals surface area (Å²) in [6.45, 7) is 4.81. The maximum Gasteiger partial charge on any atom is 0.326 e. The minimum Gasteiger partial charge on any atom is -0.480 e. The molecule has 0 radical (unpaired) electrons. The van der Waals surface area contributed by atoms with Crippen molar-refractivity contribution < 1.29 is 24.2 Å². The van der Waals surface area contributed by atoms with E-state index in [0.717, 1.165) is 77.0 Å². The summed E-state index contributed by atoms with van der Waals surface area (Å²) in [6.07, 6.45) is 51.4. The van der Waals surface area contributed by atoms with Gasteiger partial charge in [-0.05, 0) is 103 Å². The normalized spacial score (nSPS) is 13.2. The zero-order valence-corrected chi connectivity index (χ0v) is 34.8. The van der Waals surface area contributed by atoms with Gasteiger partial charge in [0.05, 0.1) is 0 Å². The van der Waals surface area contributed by atoms with Gasteiger partial charge in [-0.25, -0.2) is 4.79 Å². The van der Waals surface area contributed by atoms with Crippen molar-refractivity contribution in [2.24, 2.45) is 5.73 Å². The molecular weight excluding hydrogens is 673 g/mol. The van der Waals surface area contributed by atoms with Crippen molar-refractivity contribution in [1.29, 1.82) is 0 Å². The lowest BCUT2D eigenvalue weighted by Crippen LogP contribution is -2.40. The Morgan fingerprint density at radius 2 is 1.07 bits per heavy atom. The van der Waals surface area contributed by atoms with Crippen LogP contribution in [-0.4, -0.2) is 41.6 Å². The monoisotopic (exact) mass is 755 g/mol. The van der Waals surface area contributed by atoms with E-state index in [1.807, 2.05) is 6.08 Å². The third kappa shape index (κ3) is 37.4. The smallest absolute Gasteiger partial charge is 0.326 e. The molecule has 310 valence electrons. The molecule has 0 rings (SSSR count). The van der Waals surface area contributed by atoms with Crippen molar-refractivity contribution in [3.05, 3.63) is 60.8 Å². The molecule has 0 aromatic carbocycles. The summed E-state index contributed by atoms with van der Waals surface area (Å²) >= 11 is 0. The highest BCUT2D eigenvalue weighted by Crippen LogP contribution is 2.15. The van der Waals surface area contributed by atoms with Gasteiger partial charge in [-0.1, -0.05) is 152 Å². The number of carboxylic acid groups (broad SMARTS) is 1. The number of allylic oxidation sites excluding steroid dienone is 9. The van der Waals surface area contributed by atoms with E-state index in [-0.39, 0.29) is 18.0 Å². The Bertz CT molecular complexity index is 1030. The van der Waals surface area contributed by atoms with Crippen LogP contribution in [0.3, 0.4) is 0 Å². The summed E-state index contributed by atoms with van der Waals surface area (Å²) in [6, 6.07) is -0.869. The molecule has 0 saturated carbocycles. The van der Waals surface area contributed by atoms with Crippen LogP contribution >= 0.6 is 0 Å². The van der Waals surface area contributed by atoms with Crippen LogP contribution < -0.4 is 11.1 Å². The average Bonchev–Trinajstić information content (AvgIpc) is 3.16. The number of carbonyl (C=O) groups excluding carboxylic acids is 2. The van der Waals surface area contributed by atoms with Crippen LogP contribution in [0.1, 0.15) is 200 Å². The Morgan fingerprint density at radius 1 is 0.574 bits per heavy atom. The number of nitrogens with two attached hydrogens (primary N) is 1. The molecule has 1 amide bonds. The third-order valence-corrected chi connectivity index (χ3v) is 9.55. The van der Waals surface area contributed by atoms with Gasteiger partial charge >= 0.3 is 11.9 Å². The average molecular weight is 755 g/mol. The summed E-state index contributed by atoms with van der Waals surface area (Å²) < 4.78 is 5.93. The van der Waals surface area contributed by atoms with Crippen LogP contribution in [0.15, 0.2) is 60.8 Å². The Kier molecular flexibility index (Phi) is 39.0. The SMILES string of the molecule is CC/C=C\C/C=C\C/C=C\C/C=C\C(CCCCCCCC(=O)NC(CCCN)C(=O)O)OC(=O)CCCCCCCCC/C=C\CCCCCCCC. The zero-order valence-electron chi connectivity index (χ0n) is 34.8. The van der Waals surface area contributed by atoms with Gasteiger partial charge in [0.25, 0.3) is 0 Å². The van der Waals surface area contributed by atoms with Crippen molar-refractivity contribution in [1.82, 2.24) is 5.32 Å². The molecule has 0 aliphatic heterocycles. The minimum absolute atomic E-state index is 0.104. The van der Waals surface area contributed by atoms with Crippen molar-refractivity contribution in [3.8, 4) is 0 Å². The van der Waals surface area contributed by atoms with Crippen molar-refractivity contribution in [3.63, 3.8) is 0 Å². The summed E-state index contributed by atoms with van der Waals surface area (Å²) in [7, 11) is 0. The lowest BCUT2D eigenvalue weighted by Gasteiger charge is -2.15. The van der Waals surface area contributed by atoms with Crippen LogP contribution in [0, 0.1) is 0 Å². The number of esters is 1. The predicted molar refractivity (Wildman–Crippen MR) is 229 cm³/mol. The second-order valence-corrected chi connectivity index (χ2v) is 14.7. The minimum atomic E-state index is -1.02. The molecule has 2 unspecified atom stereocenters. The lowest BCUT2D eigenvalue weighted by molar-refractivity contribution is -0.147. The van der Waals surface area contributed by atoms with E-state index in [4.69, 9.17) is 10.5 Å². The van der Waals surface area contributed by atoms with E-state index in [1.54, 1.807) is 0 Å². The Morgan fingerprint density at radius 3 is 1.63 bits per heavy atom. The summed E-state index contributed by atoms with van der Waals surface area (Å²) in [5.41, 5.74) is 5.48. The van der Waals surface area contributed by atoms with Gasteiger partial charge in [-0.15, -0.1) is 0 Å². The van der Waals surface area contributed by atoms with E-state index in [1.165, 1.54) is 83.5 Å². The maximum atomic E-state index is 12.8. The van der Waals surface area contributed by atoms with Crippen LogP contribution in [0.2, 0.25) is 0 Å². The molecule has 0 heterocycles. The fourth-order valence-electron chi connectivity index (χ4n) is 6.24. The first-order chi connectivity index (χ1) is 26.4. The van der Waals surface area contributed by atoms with Crippen LogP contribution in [0.25, 0.3) is 0 Å². The van der Waals surface area contributed by atoms with E-state index >= 15 is 0 Å². The maximum absolute atomic E-state index is 12.8. The highest BCUT2D eigenvalue weighted by molar-refractivity contribution is 5.83. The van der Waals surface area contributed by atoms with Crippen molar-refractivity contribution in [2.45, 2.75) is 212 Å². The molecule has 7 nitrogen and oxygen atoms in total. The van der Waals surface area contributed by atoms with Crippen LogP contribution in [0.5, 0.6) is 0 Å². The zero-order chi connectivity index (χ0) is 39.6. The fraction of sp³-hybridized carbons (Fsp3) is 0.723. The molecule has 54 heavy (non-hydrogen) atoms. The second-order valence-electron chi connectivity index (χ2n) is 14.7. The second kappa shape index (κ2) is 41.2. The van der Waals surface area contributed by atoms with Crippen LogP contribution in [-0.2, 0) is 19.1 Å². The number of ether oxygens (including phenoxy) is 1. The van der Waals surface area contributed by atoms with Gasteiger partial charge in [-0.2, -0.15) is 0 Å². The number of unbranched alkanes of at least 4 members (excludes halogenated alkanes) is 17. The summed E-state index contributed by atoms with van der Waals surface area (Å²) in [4.78, 5) is 36.3. The molecule has 0 spiro atoms. The van der Waals surface area contributed by atoms with E-state index in [9.17, 15) is 19.5 Å². The Balaban J connectivity index is 4.40. The quantitative estimate of drug-likeness (QED) is 0.0327. The Labute approximate surface area is 331 Å². The highest BCUT2D eigenvalue weighted by Gasteiger charge is 2.18. The predicted octanol–water partition coefficient (Wildman–Crippen LogP) is 12.6. The number of hydrogen-bond donors (Lipinski definition) is 3. The first-order valence-electron chi connectivity index (χ1n) is 22.1. The molecule has 0 saturated heterocycles. The third-order valence-electron chi connectivity index (χ3n) is 9.55. The van der Waals surface area contributed by atoms with Gasteiger partial charge in [0.1, 0.15) is 12.1 Å². The standard InChI is InChI=1S/C47H82N2O5/c1-3-5-7-9-11-13-15-16-17-18-19-20-22-24-26-31-35-41-46(51)54-43(37-32-28-25-23-21-14-12-10-8-6-4-2)38-33-29-27-30-34-40-45(50)49-44(47(52)53)39-36-42-48/h6,8,12,14,16-17,23,25,32,37,43-44H,3-5,7,9-11,13,15,18-22,24,26-31,33-36,38-42,48H2,1-2H3,(H,49,50)(H,52,53)/b8-6-,14-12-,17-16-,25-23-,37-32-. The number of nitrogens with one attached hydrogen (secondary N) is 1. The first kappa shape index (κ1) is 51.1. The number of aliphatic carboxylic acids is 1. The van der Waals surface area contributed by atoms with Gasteiger partial charge in [-0.3, -0.25) is 9.59 Å².